The molecule has 17 heavy (non-hydrogen) atoms. The summed E-state index contributed by atoms with van der Waals surface area (Å²) in [6.45, 7) is 8.37. The van der Waals surface area contributed by atoms with Gasteiger partial charge in [0.25, 0.3) is 0 Å². The third-order valence-corrected chi connectivity index (χ3v) is 3.08. The molecule has 0 radical (unpaired) electrons. The van der Waals surface area contributed by atoms with Gasteiger partial charge in [0.1, 0.15) is 0 Å². The van der Waals surface area contributed by atoms with Gasteiger partial charge in [-0.15, -0.1) is 5.10 Å². The minimum Gasteiger partial charge on any atom is -0.381 e. The molecule has 0 saturated heterocycles. The van der Waals surface area contributed by atoms with Gasteiger partial charge in [-0.3, -0.25) is 0 Å². The third kappa shape index (κ3) is 1.90. The third-order valence-electron chi connectivity index (χ3n) is 3.08. The highest BCUT2D eigenvalue weighted by atomic mass is 15.4. The lowest BCUT2D eigenvalue weighted by Gasteiger charge is -2.13. The zero-order valence-corrected chi connectivity index (χ0v) is 10.7. The number of aryl methyl sites for hydroxylation is 1. The van der Waals surface area contributed by atoms with Gasteiger partial charge in [0, 0.05) is 0 Å². The molecule has 0 saturated carbocycles. The average Bonchev–Trinajstić information content (AvgIpc) is 2.64. The van der Waals surface area contributed by atoms with E-state index in [1.54, 1.807) is 0 Å². The van der Waals surface area contributed by atoms with Crippen molar-refractivity contribution >= 4 is 5.82 Å². The molecule has 1 aromatic carbocycles. The Morgan fingerprint density at radius 1 is 1.24 bits per heavy atom. The minimum atomic E-state index is 0.296. The van der Waals surface area contributed by atoms with Gasteiger partial charge in [-0.2, -0.15) is 0 Å². The van der Waals surface area contributed by atoms with Crippen molar-refractivity contribution in [3.8, 4) is 5.69 Å². The number of hydrogen-bond acceptors (Lipinski definition) is 3. The molecule has 4 nitrogen and oxygen atoms in total. The maximum atomic E-state index is 5.87. The molecule has 0 aliphatic carbocycles. The van der Waals surface area contributed by atoms with Gasteiger partial charge >= 0.3 is 0 Å². The van der Waals surface area contributed by atoms with Crippen LogP contribution in [0.3, 0.4) is 0 Å². The van der Waals surface area contributed by atoms with Crippen LogP contribution in [0.4, 0.5) is 5.82 Å². The second-order valence-electron chi connectivity index (χ2n) is 4.65. The standard InChI is InChI=1S/C13H18N4/c1-8(2)12-13(14)15-16-17(12)11-7-5-6-9(3)10(11)4/h5-8H,14H2,1-4H3. The van der Waals surface area contributed by atoms with E-state index in [4.69, 9.17) is 5.73 Å². The number of nitrogen functional groups attached to an aromatic ring is 1. The van der Waals surface area contributed by atoms with Gasteiger partial charge in [0.2, 0.25) is 0 Å². The first kappa shape index (κ1) is 11.6. The van der Waals surface area contributed by atoms with E-state index in [0.717, 1.165) is 11.4 Å². The van der Waals surface area contributed by atoms with Crippen LogP contribution in [0, 0.1) is 13.8 Å². The summed E-state index contributed by atoms with van der Waals surface area (Å²) in [7, 11) is 0. The fraction of sp³-hybridized carbons (Fsp3) is 0.385. The van der Waals surface area contributed by atoms with Crippen molar-refractivity contribution in [2.75, 3.05) is 5.73 Å². The fourth-order valence-electron chi connectivity index (χ4n) is 1.98. The molecule has 2 N–H and O–H groups in total. The first-order valence-corrected chi connectivity index (χ1v) is 5.80. The highest BCUT2D eigenvalue weighted by Gasteiger charge is 2.16. The molecule has 1 heterocycles. The first-order valence-electron chi connectivity index (χ1n) is 5.80. The zero-order valence-electron chi connectivity index (χ0n) is 10.7. The lowest BCUT2D eigenvalue weighted by Crippen LogP contribution is -2.07. The Morgan fingerprint density at radius 2 is 1.94 bits per heavy atom. The number of rotatable bonds is 2. The Morgan fingerprint density at radius 3 is 2.59 bits per heavy atom. The first-order chi connectivity index (χ1) is 8.02. The maximum Gasteiger partial charge on any atom is 0.169 e. The van der Waals surface area contributed by atoms with E-state index in [-0.39, 0.29) is 0 Å². The lowest BCUT2D eigenvalue weighted by atomic mass is 10.1. The van der Waals surface area contributed by atoms with Crippen molar-refractivity contribution in [1.82, 2.24) is 15.0 Å². The smallest absolute Gasteiger partial charge is 0.169 e. The summed E-state index contributed by atoms with van der Waals surface area (Å²) in [5.74, 6) is 0.811. The number of nitrogens with zero attached hydrogens (tertiary/aromatic N) is 3. The quantitative estimate of drug-likeness (QED) is 0.862. The Kier molecular flexibility index (Phi) is 2.88. The number of benzene rings is 1. The molecular formula is C13H18N4. The fourth-order valence-corrected chi connectivity index (χ4v) is 1.98. The largest absolute Gasteiger partial charge is 0.381 e. The summed E-state index contributed by atoms with van der Waals surface area (Å²) in [5, 5.41) is 8.13. The zero-order chi connectivity index (χ0) is 12.6. The van der Waals surface area contributed by atoms with Crippen molar-refractivity contribution in [2.45, 2.75) is 33.6 Å². The minimum absolute atomic E-state index is 0.296. The van der Waals surface area contributed by atoms with Crippen molar-refractivity contribution in [1.29, 1.82) is 0 Å². The van der Waals surface area contributed by atoms with Crippen LogP contribution in [0.5, 0.6) is 0 Å². The summed E-state index contributed by atoms with van der Waals surface area (Å²) < 4.78 is 1.85. The molecule has 2 rings (SSSR count). The van der Waals surface area contributed by atoms with Crippen molar-refractivity contribution in [2.24, 2.45) is 0 Å². The van der Waals surface area contributed by atoms with Crippen LogP contribution in [0.1, 0.15) is 36.6 Å². The second kappa shape index (κ2) is 4.20. The molecule has 0 aliphatic heterocycles. The van der Waals surface area contributed by atoms with Gasteiger partial charge in [-0.05, 0) is 37.0 Å². The monoisotopic (exact) mass is 230 g/mol. The van der Waals surface area contributed by atoms with Crippen LogP contribution in [-0.4, -0.2) is 15.0 Å². The molecule has 0 bridgehead atoms. The van der Waals surface area contributed by atoms with E-state index in [2.05, 4.69) is 44.1 Å². The normalized spacial score (nSPS) is 11.1. The van der Waals surface area contributed by atoms with Gasteiger partial charge in [0.15, 0.2) is 5.82 Å². The van der Waals surface area contributed by atoms with Crippen molar-refractivity contribution < 1.29 is 0 Å². The molecule has 0 unspecified atom stereocenters. The van der Waals surface area contributed by atoms with E-state index in [1.165, 1.54) is 11.1 Å². The van der Waals surface area contributed by atoms with Crippen LogP contribution in [0.2, 0.25) is 0 Å². The highest BCUT2D eigenvalue weighted by Crippen LogP contribution is 2.25. The van der Waals surface area contributed by atoms with E-state index in [0.29, 0.717) is 11.7 Å². The molecule has 0 fully saturated rings. The molecule has 0 aliphatic rings. The summed E-state index contributed by atoms with van der Waals surface area (Å²) in [6, 6.07) is 6.16. The topological polar surface area (TPSA) is 56.7 Å². The Bertz CT molecular complexity index is 540. The van der Waals surface area contributed by atoms with Gasteiger partial charge in [0.05, 0.1) is 11.4 Å². The summed E-state index contributed by atoms with van der Waals surface area (Å²) >= 11 is 0. The predicted octanol–water partition coefficient (Wildman–Crippen LogP) is 2.59. The Balaban J connectivity index is 2.65. The lowest BCUT2D eigenvalue weighted by molar-refractivity contribution is 0.712. The molecule has 2 aromatic rings. The molecular weight excluding hydrogens is 212 g/mol. The van der Waals surface area contributed by atoms with Crippen molar-refractivity contribution in [3.63, 3.8) is 0 Å². The predicted molar refractivity (Wildman–Crippen MR) is 69.3 cm³/mol. The van der Waals surface area contributed by atoms with Gasteiger partial charge in [-0.25, -0.2) is 4.68 Å². The number of anilines is 1. The van der Waals surface area contributed by atoms with E-state index < -0.39 is 0 Å². The van der Waals surface area contributed by atoms with Crippen LogP contribution < -0.4 is 5.73 Å². The van der Waals surface area contributed by atoms with Crippen LogP contribution in [0.25, 0.3) is 5.69 Å². The number of nitrogens with two attached hydrogens (primary N) is 1. The molecule has 4 heteroatoms. The van der Waals surface area contributed by atoms with E-state index in [9.17, 15) is 0 Å². The highest BCUT2D eigenvalue weighted by molar-refractivity contribution is 5.48. The average molecular weight is 230 g/mol. The molecule has 0 atom stereocenters. The van der Waals surface area contributed by atoms with Crippen LogP contribution in [-0.2, 0) is 0 Å². The Labute approximate surface area is 101 Å². The number of aromatic nitrogens is 3. The molecule has 1 aromatic heterocycles. The number of hydrogen-bond donors (Lipinski definition) is 1. The van der Waals surface area contributed by atoms with Crippen LogP contribution >= 0.6 is 0 Å². The van der Waals surface area contributed by atoms with E-state index in [1.807, 2.05) is 16.8 Å². The summed E-state index contributed by atoms with van der Waals surface area (Å²) in [4.78, 5) is 0. The van der Waals surface area contributed by atoms with Crippen LogP contribution in [0.15, 0.2) is 18.2 Å². The van der Waals surface area contributed by atoms with Gasteiger partial charge < -0.3 is 5.73 Å². The molecule has 0 amide bonds. The molecule has 0 spiro atoms. The molecule has 90 valence electrons. The summed E-state index contributed by atoms with van der Waals surface area (Å²) in [5.41, 5.74) is 10.3. The SMILES string of the molecule is Cc1cccc(-n2nnc(N)c2C(C)C)c1C. The van der Waals surface area contributed by atoms with Gasteiger partial charge in [-0.1, -0.05) is 31.2 Å². The maximum absolute atomic E-state index is 5.87. The summed E-state index contributed by atoms with van der Waals surface area (Å²) in [6.07, 6.45) is 0. The second-order valence-corrected chi connectivity index (χ2v) is 4.65. The Hall–Kier alpha value is -1.84. The van der Waals surface area contributed by atoms with E-state index >= 15 is 0 Å². The van der Waals surface area contributed by atoms with Crippen molar-refractivity contribution in [3.05, 3.63) is 35.0 Å².